The molecule has 1 aromatic carbocycles. The maximum absolute atomic E-state index is 13.4. The van der Waals surface area contributed by atoms with Crippen molar-refractivity contribution in [3.05, 3.63) is 46.8 Å². The van der Waals surface area contributed by atoms with Crippen molar-refractivity contribution < 1.29 is 17.9 Å². The van der Waals surface area contributed by atoms with Crippen molar-refractivity contribution in [1.82, 2.24) is 10.9 Å². The molecule has 1 saturated carbocycles. The van der Waals surface area contributed by atoms with E-state index in [1.54, 1.807) is 6.07 Å². The van der Waals surface area contributed by atoms with Gasteiger partial charge in [-0.15, -0.1) is 0 Å². The van der Waals surface area contributed by atoms with Crippen LogP contribution in [-0.2, 0) is 16.3 Å². The molecule has 4 atom stereocenters. The number of nitriles is 1. The van der Waals surface area contributed by atoms with Gasteiger partial charge in [0.2, 0.25) is 5.88 Å². The lowest BCUT2D eigenvalue weighted by Gasteiger charge is -2.53. The molecule has 0 spiro atoms. The molecule has 2 fully saturated rings. The van der Waals surface area contributed by atoms with Crippen LogP contribution in [0.2, 0.25) is 0 Å². The second-order valence-electron chi connectivity index (χ2n) is 7.57. The number of rotatable bonds is 2. The summed E-state index contributed by atoms with van der Waals surface area (Å²) in [6.07, 6.45) is -2.30. The average molecular weight is 378 g/mol. The van der Waals surface area contributed by atoms with Crippen molar-refractivity contribution in [1.29, 1.82) is 5.26 Å². The first-order valence-corrected chi connectivity index (χ1v) is 9.06. The maximum Gasteiger partial charge on any atom is 0.416 e. The van der Waals surface area contributed by atoms with E-state index in [-0.39, 0.29) is 29.3 Å². The van der Waals surface area contributed by atoms with E-state index in [1.807, 2.05) is 6.92 Å². The van der Waals surface area contributed by atoms with Crippen molar-refractivity contribution in [2.24, 2.45) is 17.6 Å². The molecular formula is C19H21F3N4O. The first-order chi connectivity index (χ1) is 12.8. The molecule has 0 amide bonds. The summed E-state index contributed by atoms with van der Waals surface area (Å²) in [4.78, 5) is 0. The minimum Gasteiger partial charge on any atom is -0.458 e. The molecule has 5 nitrogen and oxygen atoms in total. The number of alkyl halides is 3. The van der Waals surface area contributed by atoms with E-state index < -0.39 is 23.4 Å². The normalized spacial score (nSPS) is 33.8. The summed E-state index contributed by atoms with van der Waals surface area (Å²) in [7, 11) is 0. The van der Waals surface area contributed by atoms with E-state index in [9.17, 15) is 18.4 Å². The molecule has 4 rings (SSSR count). The SMILES string of the molecule is CC1NNC2OC(N)=C(C#N)[C@](c3cccc(C(F)(F)F)c3)(C3CCC3)C12. The van der Waals surface area contributed by atoms with Gasteiger partial charge in [-0.1, -0.05) is 24.6 Å². The topological polar surface area (TPSA) is 83.1 Å². The molecular weight excluding hydrogens is 357 g/mol. The van der Waals surface area contributed by atoms with Gasteiger partial charge in [-0.3, -0.25) is 5.43 Å². The number of hydrazine groups is 1. The second kappa shape index (κ2) is 6.14. The van der Waals surface area contributed by atoms with Crippen LogP contribution in [0.5, 0.6) is 0 Å². The zero-order chi connectivity index (χ0) is 19.4. The van der Waals surface area contributed by atoms with Gasteiger partial charge in [-0.2, -0.15) is 18.4 Å². The lowest BCUT2D eigenvalue weighted by Crippen LogP contribution is -2.57. The smallest absolute Gasteiger partial charge is 0.416 e. The van der Waals surface area contributed by atoms with Crippen LogP contribution in [0.4, 0.5) is 13.2 Å². The fourth-order valence-corrected chi connectivity index (χ4v) is 4.97. The second-order valence-corrected chi connectivity index (χ2v) is 7.57. The Kier molecular flexibility index (Phi) is 4.13. The monoisotopic (exact) mass is 378 g/mol. The zero-order valence-corrected chi connectivity index (χ0v) is 14.8. The number of hydrogen-bond donors (Lipinski definition) is 3. The minimum atomic E-state index is -4.46. The summed E-state index contributed by atoms with van der Waals surface area (Å²) in [6, 6.07) is 7.40. The fraction of sp³-hybridized carbons (Fsp3) is 0.526. The van der Waals surface area contributed by atoms with E-state index in [4.69, 9.17) is 10.5 Å². The predicted octanol–water partition coefficient (Wildman–Crippen LogP) is 2.91. The molecule has 3 aliphatic rings. The van der Waals surface area contributed by atoms with E-state index in [0.29, 0.717) is 5.56 Å². The van der Waals surface area contributed by atoms with E-state index in [1.165, 1.54) is 12.1 Å². The van der Waals surface area contributed by atoms with Crippen LogP contribution in [0.3, 0.4) is 0 Å². The number of hydrogen-bond acceptors (Lipinski definition) is 5. The van der Waals surface area contributed by atoms with Gasteiger partial charge in [-0.05, 0) is 37.3 Å². The molecule has 0 aromatic heterocycles. The number of halogens is 3. The van der Waals surface area contributed by atoms with Crippen LogP contribution in [0, 0.1) is 23.2 Å². The van der Waals surface area contributed by atoms with Gasteiger partial charge in [0.25, 0.3) is 0 Å². The van der Waals surface area contributed by atoms with Crippen molar-refractivity contribution in [2.75, 3.05) is 0 Å². The predicted molar refractivity (Wildman–Crippen MR) is 91.4 cm³/mol. The van der Waals surface area contributed by atoms with Crippen molar-refractivity contribution in [3.8, 4) is 6.07 Å². The fourth-order valence-electron chi connectivity index (χ4n) is 4.97. The lowest BCUT2D eigenvalue weighted by molar-refractivity contribution is -0.137. The van der Waals surface area contributed by atoms with Gasteiger partial charge < -0.3 is 10.5 Å². The Labute approximate surface area is 155 Å². The van der Waals surface area contributed by atoms with E-state index in [0.717, 1.165) is 25.3 Å². The van der Waals surface area contributed by atoms with E-state index >= 15 is 0 Å². The summed E-state index contributed by atoms with van der Waals surface area (Å²) in [5, 5.41) is 9.93. The third kappa shape index (κ3) is 2.52. The molecule has 1 aliphatic carbocycles. The molecule has 1 aromatic rings. The summed E-state index contributed by atoms with van der Waals surface area (Å²) >= 11 is 0. The molecule has 2 aliphatic heterocycles. The number of benzene rings is 1. The van der Waals surface area contributed by atoms with Crippen molar-refractivity contribution >= 4 is 0 Å². The summed E-state index contributed by atoms with van der Waals surface area (Å²) in [5.41, 5.74) is 11.3. The molecule has 0 bridgehead atoms. The molecule has 1 saturated heterocycles. The Morgan fingerprint density at radius 1 is 1.30 bits per heavy atom. The molecule has 3 unspecified atom stereocenters. The van der Waals surface area contributed by atoms with Crippen LogP contribution in [0.25, 0.3) is 0 Å². The number of allylic oxidation sites excluding steroid dienone is 1. The van der Waals surface area contributed by atoms with Gasteiger partial charge in [0.1, 0.15) is 11.6 Å². The van der Waals surface area contributed by atoms with Crippen molar-refractivity contribution in [3.63, 3.8) is 0 Å². The summed E-state index contributed by atoms with van der Waals surface area (Å²) < 4.78 is 45.9. The molecule has 144 valence electrons. The number of ether oxygens (including phenoxy) is 1. The maximum atomic E-state index is 13.4. The molecule has 2 heterocycles. The number of nitrogens with zero attached hydrogens (tertiary/aromatic N) is 1. The zero-order valence-electron chi connectivity index (χ0n) is 14.8. The molecule has 4 N–H and O–H groups in total. The highest BCUT2D eigenvalue weighted by atomic mass is 19.4. The summed E-state index contributed by atoms with van der Waals surface area (Å²) in [5.74, 6) is -0.227. The number of nitrogens with one attached hydrogen (secondary N) is 2. The minimum absolute atomic E-state index is 0.00791. The van der Waals surface area contributed by atoms with Crippen LogP contribution in [0.1, 0.15) is 37.3 Å². The Hall–Kier alpha value is -2.24. The highest BCUT2D eigenvalue weighted by Gasteiger charge is 2.61. The van der Waals surface area contributed by atoms with Gasteiger partial charge in [0.15, 0.2) is 6.23 Å². The Balaban J connectivity index is 1.99. The van der Waals surface area contributed by atoms with Gasteiger partial charge >= 0.3 is 6.18 Å². The molecule has 0 radical (unpaired) electrons. The Morgan fingerprint density at radius 2 is 2.04 bits per heavy atom. The Morgan fingerprint density at radius 3 is 2.63 bits per heavy atom. The third-order valence-corrected chi connectivity index (χ3v) is 6.29. The van der Waals surface area contributed by atoms with Crippen molar-refractivity contribution in [2.45, 2.75) is 50.0 Å². The highest BCUT2D eigenvalue weighted by Crippen LogP contribution is 2.58. The van der Waals surface area contributed by atoms with Crippen LogP contribution >= 0.6 is 0 Å². The third-order valence-electron chi connectivity index (χ3n) is 6.29. The number of fused-ring (bicyclic) bond motifs is 1. The molecule has 27 heavy (non-hydrogen) atoms. The van der Waals surface area contributed by atoms with Gasteiger partial charge in [0, 0.05) is 17.4 Å². The standard InChI is InChI=1S/C19H21F3N4O/c1-10-15-17(26-25-10)27-16(24)14(9-23)18(15,11-4-2-5-11)12-6-3-7-13(8-12)19(20,21)22/h3,6-8,10-11,15,17,25-26H,2,4-5,24H2,1H3/t10?,15?,17?,18-/m1/s1. The average Bonchev–Trinajstić information content (AvgIpc) is 2.93. The van der Waals surface area contributed by atoms with Crippen LogP contribution < -0.4 is 16.6 Å². The highest BCUT2D eigenvalue weighted by molar-refractivity contribution is 5.50. The lowest BCUT2D eigenvalue weighted by atomic mass is 9.51. The van der Waals surface area contributed by atoms with Gasteiger partial charge in [-0.25, -0.2) is 5.43 Å². The first kappa shape index (κ1) is 18.1. The summed E-state index contributed by atoms with van der Waals surface area (Å²) in [6.45, 7) is 1.94. The van der Waals surface area contributed by atoms with Gasteiger partial charge in [0.05, 0.1) is 5.56 Å². The first-order valence-electron chi connectivity index (χ1n) is 9.06. The molecule has 8 heteroatoms. The van der Waals surface area contributed by atoms with Crippen LogP contribution in [-0.4, -0.2) is 12.3 Å². The number of nitrogens with two attached hydrogens (primary N) is 1. The van der Waals surface area contributed by atoms with E-state index in [2.05, 4.69) is 16.9 Å². The van der Waals surface area contributed by atoms with Crippen LogP contribution in [0.15, 0.2) is 35.7 Å². The largest absolute Gasteiger partial charge is 0.458 e. The Bertz CT molecular complexity index is 827. The quantitative estimate of drug-likeness (QED) is 0.737.